The van der Waals surface area contributed by atoms with Gasteiger partial charge >= 0.3 is 5.97 Å². The zero-order valence-corrected chi connectivity index (χ0v) is 14.3. The number of aromatic carboxylic acids is 1. The second kappa shape index (κ2) is 6.56. The van der Waals surface area contributed by atoms with E-state index in [1.165, 1.54) is 0 Å². The summed E-state index contributed by atoms with van der Waals surface area (Å²) in [4.78, 5) is 25.3. The van der Waals surface area contributed by atoms with E-state index >= 15 is 4.39 Å². The zero-order chi connectivity index (χ0) is 19.3. The summed E-state index contributed by atoms with van der Waals surface area (Å²) in [5.41, 5.74) is -2.15. The maximum atomic E-state index is 15.4. The molecule has 2 bridgehead atoms. The maximum Gasteiger partial charge on any atom is 0.341 e. The molecule has 2 aromatic rings. The van der Waals surface area contributed by atoms with Gasteiger partial charge < -0.3 is 19.9 Å². The number of anilines is 1. The summed E-state index contributed by atoms with van der Waals surface area (Å²) in [7, 11) is 0. The summed E-state index contributed by atoms with van der Waals surface area (Å²) in [6, 6.07) is 0.926. The van der Waals surface area contributed by atoms with Crippen LogP contribution in [0.3, 0.4) is 0 Å². The van der Waals surface area contributed by atoms with Gasteiger partial charge in [-0.3, -0.25) is 4.79 Å². The van der Waals surface area contributed by atoms with Crippen LogP contribution in [0.25, 0.3) is 10.9 Å². The molecule has 144 valence electrons. The first kappa shape index (κ1) is 17.8. The number of piperidine rings is 2. The van der Waals surface area contributed by atoms with E-state index in [0.717, 1.165) is 29.7 Å². The van der Waals surface area contributed by atoms with Crippen LogP contribution < -0.4 is 15.6 Å². The Balaban J connectivity index is 1.98. The first-order valence-corrected chi connectivity index (χ1v) is 8.76. The third-order valence-corrected chi connectivity index (χ3v) is 5.42. The largest absolute Gasteiger partial charge is 0.477 e. The number of pyridine rings is 1. The van der Waals surface area contributed by atoms with E-state index < -0.39 is 40.7 Å². The molecule has 9 heteroatoms. The number of nitrogens with zero attached hydrogens (tertiary/aromatic N) is 2. The Morgan fingerprint density at radius 2 is 2.11 bits per heavy atom. The van der Waals surface area contributed by atoms with Crippen LogP contribution in [0.4, 0.5) is 18.9 Å². The van der Waals surface area contributed by atoms with Gasteiger partial charge in [-0.1, -0.05) is 0 Å². The fraction of sp³-hybridized carbons (Fsp3) is 0.444. The number of piperazine rings is 1. The first-order valence-electron chi connectivity index (χ1n) is 8.76. The Labute approximate surface area is 152 Å². The van der Waals surface area contributed by atoms with Crippen molar-refractivity contribution < 1.29 is 23.1 Å². The Morgan fingerprint density at radius 1 is 1.33 bits per heavy atom. The van der Waals surface area contributed by atoms with Gasteiger partial charge in [-0.25, -0.2) is 18.0 Å². The molecule has 5 rings (SSSR count). The fourth-order valence-electron chi connectivity index (χ4n) is 4.14. The van der Waals surface area contributed by atoms with Crippen LogP contribution >= 0.6 is 0 Å². The van der Waals surface area contributed by atoms with Crippen LogP contribution in [0.5, 0.6) is 0 Å². The molecular weight excluding hydrogens is 363 g/mol. The van der Waals surface area contributed by atoms with Crippen molar-refractivity contribution in [2.24, 2.45) is 0 Å². The van der Waals surface area contributed by atoms with E-state index in [2.05, 4.69) is 5.32 Å². The number of hydrogen-bond acceptors (Lipinski definition) is 4. The molecule has 0 spiro atoms. The van der Waals surface area contributed by atoms with Gasteiger partial charge in [0.2, 0.25) is 5.43 Å². The van der Waals surface area contributed by atoms with Crippen molar-refractivity contribution in [2.45, 2.75) is 31.5 Å². The molecule has 1 aromatic carbocycles. The Bertz CT molecular complexity index is 983. The number of halogens is 3. The van der Waals surface area contributed by atoms with Crippen LogP contribution in [0.15, 0.2) is 17.1 Å². The van der Waals surface area contributed by atoms with E-state index in [-0.39, 0.29) is 29.8 Å². The van der Waals surface area contributed by atoms with Gasteiger partial charge in [0.25, 0.3) is 0 Å². The van der Waals surface area contributed by atoms with Crippen molar-refractivity contribution in [3.63, 3.8) is 0 Å². The summed E-state index contributed by atoms with van der Waals surface area (Å²) in [5.74, 6) is -3.40. The van der Waals surface area contributed by atoms with Crippen LogP contribution in [-0.4, -0.2) is 47.5 Å². The molecule has 0 radical (unpaired) electrons. The van der Waals surface area contributed by atoms with Gasteiger partial charge in [0, 0.05) is 31.4 Å². The predicted octanol–water partition coefficient (Wildman–Crippen LogP) is 1.89. The number of nitrogens with one attached hydrogen (secondary N) is 1. The third kappa shape index (κ3) is 2.77. The van der Waals surface area contributed by atoms with E-state index in [1.807, 2.05) is 0 Å². The lowest BCUT2D eigenvalue weighted by Gasteiger charge is -2.47. The third-order valence-electron chi connectivity index (χ3n) is 5.42. The topological polar surface area (TPSA) is 74.6 Å². The van der Waals surface area contributed by atoms with Gasteiger partial charge in [-0.15, -0.1) is 0 Å². The Hall–Kier alpha value is -2.55. The van der Waals surface area contributed by atoms with Gasteiger partial charge in [-0.2, -0.15) is 0 Å². The van der Waals surface area contributed by atoms with Crippen molar-refractivity contribution >= 4 is 22.6 Å². The predicted molar refractivity (Wildman–Crippen MR) is 93.2 cm³/mol. The SMILES string of the molecule is O=C(O)c1cn(CCF)c2c(F)c(N3CC4CCC3CN4)c(F)cc2c1=O. The molecule has 0 saturated carbocycles. The minimum Gasteiger partial charge on any atom is -0.477 e. The number of benzene rings is 1. The van der Waals surface area contributed by atoms with Gasteiger partial charge in [-0.05, 0) is 18.9 Å². The molecule has 3 aliphatic rings. The molecule has 3 aliphatic heterocycles. The van der Waals surface area contributed by atoms with Crippen molar-refractivity contribution in [2.75, 3.05) is 24.7 Å². The summed E-state index contributed by atoms with van der Waals surface area (Å²) in [6.45, 7) is -0.185. The Morgan fingerprint density at radius 3 is 2.67 bits per heavy atom. The molecule has 0 aliphatic carbocycles. The standard InChI is InChI=1S/C18H18F3N3O3/c19-3-4-23-8-12(18(26)27)17(25)11-5-13(20)16(14(21)15(11)23)24-7-9-1-2-10(24)6-22-9/h5,8-10,22H,1-4,6-7H2,(H,26,27). The smallest absolute Gasteiger partial charge is 0.341 e. The van der Waals surface area contributed by atoms with Crippen LogP contribution in [-0.2, 0) is 6.54 Å². The molecule has 3 saturated heterocycles. The number of alkyl halides is 1. The highest BCUT2D eigenvalue weighted by molar-refractivity contribution is 5.93. The second-order valence-electron chi connectivity index (χ2n) is 6.97. The molecule has 2 N–H and O–H groups in total. The molecule has 1 aromatic heterocycles. The molecule has 2 atom stereocenters. The summed E-state index contributed by atoms with van der Waals surface area (Å²) in [6.07, 6.45) is 2.64. The monoisotopic (exact) mass is 381 g/mol. The second-order valence-corrected chi connectivity index (χ2v) is 6.97. The number of aromatic nitrogens is 1. The number of hydrogen-bond donors (Lipinski definition) is 2. The average molecular weight is 381 g/mol. The molecule has 4 heterocycles. The quantitative estimate of drug-likeness (QED) is 0.846. The summed E-state index contributed by atoms with van der Waals surface area (Å²) < 4.78 is 44.3. The molecule has 2 unspecified atom stereocenters. The normalized spacial score (nSPS) is 21.8. The van der Waals surface area contributed by atoms with E-state index in [0.29, 0.717) is 13.1 Å². The molecular formula is C18H18F3N3O3. The van der Waals surface area contributed by atoms with E-state index in [4.69, 9.17) is 0 Å². The minimum absolute atomic E-state index is 0.0731. The average Bonchev–Trinajstić information content (AvgIpc) is 2.65. The molecule has 3 fully saturated rings. The van der Waals surface area contributed by atoms with Crippen LogP contribution in [0.2, 0.25) is 0 Å². The molecule has 6 nitrogen and oxygen atoms in total. The Kier molecular flexibility index (Phi) is 4.33. The summed E-state index contributed by atoms with van der Waals surface area (Å²) >= 11 is 0. The zero-order valence-electron chi connectivity index (χ0n) is 14.3. The minimum atomic E-state index is -1.53. The van der Waals surface area contributed by atoms with E-state index in [9.17, 15) is 23.5 Å². The number of aryl methyl sites for hydroxylation is 1. The number of carbonyl (C=O) groups is 1. The maximum absolute atomic E-state index is 15.4. The number of carboxylic acids is 1. The molecule has 27 heavy (non-hydrogen) atoms. The highest BCUT2D eigenvalue weighted by Crippen LogP contribution is 2.35. The van der Waals surface area contributed by atoms with Gasteiger partial charge in [0.05, 0.1) is 17.4 Å². The van der Waals surface area contributed by atoms with Crippen molar-refractivity contribution in [1.29, 1.82) is 0 Å². The molecule has 0 amide bonds. The fourth-order valence-corrected chi connectivity index (χ4v) is 4.14. The summed E-state index contributed by atoms with van der Waals surface area (Å²) in [5, 5.41) is 12.1. The number of fused-ring (bicyclic) bond motifs is 4. The lowest BCUT2D eigenvalue weighted by Crippen LogP contribution is -2.61. The first-order chi connectivity index (χ1) is 12.9. The lowest BCUT2D eigenvalue weighted by molar-refractivity contribution is 0.0694. The number of carboxylic acid groups (broad SMARTS) is 1. The highest BCUT2D eigenvalue weighted by atomic mass is 19.1. The van der Waals surface area contributed by atoms with Crippen LogP contribution in [0.1, 0.15) is 23.2 Å². The lowest BCUT2D eigenvalue weighted by atomic mass is 9.92. The highest BCUT2D eigenvalue weighted by Gasteiger charge is 2.37. The van der Waals surface area contributed by atoms with Crippen molar-refractivity contribution in [1.82, 2.24) is 9.88 Å². The van der Waals surface area contributed by atoms with Gasteiger partial charge in [0.1, 0.15) is 23.7 Å². The van der Waals surface area contributed by atoms with Crippen molar-refractivity contribution in [3.8, 4) is 0 Å². The number of rotatable bonds is 4. The van der Waals surface area contributed by atoms with Crippen molar-refractivity contribution in [3.05, 3.63) is 39.7 Å². The van der Waals surface area contributed by atoms with E-state index in [1.54, 1.807) is 4.90 Å². The van der Waals surface area contributed by atoms with Crippen LogP contribution in [0, 0.1) is 11.6 Å². The van der Waals surface area contributed by atoms with Gasteiger partial charge in [0.15, 0.2) is 5.82 Å².